The van der Waals surface area contributed by atoms with Crippen LogP contribution in [0.4, 0.5) is 0 Å². The van der Waals surface area contributed by atoms with E-state index in [2.05, 4.69) is 6.92 Å². The van der Waals surface area contributed by atoms with Crippen LogP contribution in [0, 0.1) is 0 Å². The number of hydrogen-bond acceptors (Lipinski definition) is 2. The van der Waals surface area contributed by atoms with E-state index < -0.39 is 7.60 Å². The van der Waals surface area contributed by atoms with Gasteiger partial charge in [0.15, 0.2) is 0 Å². The molecule has 1 unspecified atom stereocenters. The fourth-order valence-corrected chi connectivity index (χ4v) is 3.93. The molecule has 1 N–H and O–H groups in total. The van der Waals surface area contributed by atoms with E-state index in [4.69, 9.17) is 4.52 Å². The fourth-order valence-electron chi connectivity index (χ4n) is 2.77. The van der Waals surface area contributed by atoms with Crippen molar-refractivity contribution >= 4 is 7.60 Å². The van der Waals surface area contributed by atoms with Crippen LogP contribution in [0.1, 0.15) is 104 Å². The van der Waals surface area contributed by atoms with E-state index in [-0.39, 0.29) is 0 Å². The lowest BCUT2D eigenvalue weighted by Crippen LogP contribution is -1.94. The van der Waals surface area contributed by atoms with Crippen LogP contribution in [0.15, 0.2) is 0 Å². The van der Waals surface area contributed by atoms with E-state index in [0.717, 1.165) is 12.8 Å². The second kappa shape index (κ2) is 16.0. The van der Waals surface area contributed by atoms with Crippen molar-refractivity contribution in [3.8, 4) is 0 Å². The number of hydrogen-bond donors (Lipinski definition) is 1. The molecule has 0 radical (unpaired) electrons. The minimum atomic E-state index is -3.28. The minimum absolute atomic E-state index is 0.318. The van der Waals surface area contributed by atoms with Crippen LogP contribution in [0.5, 0.6) is 0 Å². The van der Waals surface area contributed by atoms with Gasteiger partial charge in [-0.25, -0.2) is 0 Å². The van der Waals surface area contributed by atoms with E-state index >= 15 is 0 Å². The lowest BCUT2D eigenvalue weighted by atomic mass is 10.0. The third kappa shape index (κ3) is 16.5. The van der Waals surface area contributed by atoms with Crippen molar-refractivity contribution in [3.63, 3.8) is 0 Å². The van der Waals surface area contributed by atoms with Crippen molar-refractivity contribution in [2.75, 3.05) is 12.8 Å². The van der Waals surface area contributed by atoms with E-state index in [1.165, 1.54) is 77.0 Å². The SMILES string of the molecule is CCCCCCCCCCCCCCCCP(=O)(O)OCC. The average Bonchev–Trinajstić information content (AvgIpc) is 2.47. The summed E-state index contributed by atoms with van der Waals surface area (Å²) in [6.45, 7) is 4.35. The third-order valence-corrected chi connectivity index (χ3v) is 5.67. The lowest BCUT2D eigenvalue weighted by molar-refractivity contribution is 0.272. The van der Waals surface area contributed by atoms with E-state index in [9.17, 15) is 9.46 Å². The molecule has 0 fully saturated rings. The lowest BCUT2D eigenvalue weighted by Gasteiger charge is -2.10. The molecule has 0 aliphatic carbocycles. The predicted molar refractivity (Wildman–Crippen MR) is 96.6 cm³/mol. The molecule has 1 atom stereocenters. The summed E-state index contributed by atoms with van der Waals surface area (Å²) in [5, 5.41) is 0. The summed E-state index contributed by atoms with van der Waals surface area (Å²) in [6, 6.07) is 0. The van der Waals surface area contributed by atoms with Crippen LogP contribution < -0.4 is 0 Å². The summed E-state index contributed by atoms with van der Waals surface area (Å²) < 4.78 is 16.3. The molecule has 0 rings (SSSR count). The Bertz CT molecular complexity index is 269. The summed E-state index contributed by atoms with van der Waals surface area (Å²) in [4.78, 5) is 9.44. The molecule has 0 amide bonds. The molecule has 4 heteroatoms. The van der Waals surface area contributed by atoms with Gasteiger partial charge in [-0.15, -0.1) is 0 Å². The smallest absolute Gasteiger partial charge is 0.324 e. The predicted octanol–water partition coefficient (Wildman–Crippen LogP) is 6.69. The maximum Gasteiger partial charge on any atom is 0.328 e. The van der Waals surface area contributed by atoms with E-state index in [0.29, 0.717) is 12.8 Å². The highest BCUT2D eigenvalue weighted by atomic mass is 31.2. The topological polar surface area (TPSA) is 46.5 Å². The van der Waals surface area contributed by atoms with Gasteiger partial charge in [-0.1, -0.05) is 90.4 Å². The first-order valence-corrected chi connectivity index (χ1v) is 11.3. The maximum atomic E-state index is 11.5. The molecule has 0 aromatic rings. The van der Waals surface area contributed by atoms with Crippen LogP contribution in [0.25, 0.3) is 0 Å². The zero-order valence-electron chi connectivity index (χ0n) is 15.0. The molecular formula is C18H39O3P. The molecule has 134 valence electrons. The molecule has 0 aromatic heterocycles. The Morgan fingerprint density at radius 2 is 1.05 bits per heavy atom. The van der Waals surface area contributed by atoms with Crippen LogP contribution in [0.2, 0.25) is 0 Å². The normalized spacial score (nSPS) is 14.1. The highest BCUT2D eigenvalue weighted by molar-refractivity contribution is 7.52. The summed E-state index contributed by atoms with van der Waals surface area (Å²) in [6.07, 6.45) is 18.5. The molecule has 0 aromatic carbocycles. The minimum Gasteiger partial charge on any atom is -0.324 e. The zero-order valence-corrected chi connectivity index (χ0v) is 15.9. The second-order valence-corrected chi connectivity index (χ2v) is 8.36. The standard InChI is InChI=1S/C18H39O3P/c1-3-5-6-7-8-9-10-11-12-13-14-15-16-17-18-22(19,20)21-4-2/h3-18H2,1-2H3,(H,19,20). The number of rotatable bonds is 17. The largest absolute Gasteiger partial charge is 0.328 e. The van der Waals surface area contributed by atoms with Crippen LogP contribution >= 0.6 is 7.60 Å². The summed E-state index contributed by atoms with van der Waals surface area (Å²) in [5.41, 5.74) is 0. The molecular weight excluding hydrogens is 295 g/mol. The molecule has 0 aliphatic rings. The molecule has 22 heavy (non-hydrogen) atoms. The quantitative estimate of drug-likeness (QED) is 0.238. The third-order valence-electron chi connectivity index (χ3n) is 4.13. The van der Waals surface area contributed by atoms with Gasteiger partial charge in [-0.3, -0.25) is 4.57 Å². The average molecular weight is 334 g/mol. The van der Waals surface area contributed by atoms with Gasteiger partial charge >= 0.3 is 7.60 Å². The number of unbranched alkanes of at least 4 members (excludes halogenated alkanes) is 13. The Balaban J connectivity index is 3.13. The Morgan fingerprint density at radius 1 is 0.682 bits per heavy atom. The molecule has 0 saturated carbocycles. The first-order valence-electron chi connectivity index (χ1n) is 9.58. The highest BCUT2D eigenvalue weighted by Crippen LogP contribution is 2.42. The zero-order chi connectivity index (χ0) is 16.5. The van der Waals surface area contributed by atoms with E-state index in [1.807, 2.05) is 0 Å². The van der Waals surface area contributed by atoms with Gasteiger partial charge in [-0.05, 0) is 13.3 Å². The molecule has 0 saturated heterocycles. The van der Waals surface area contributed by atoms with Crippen molar-refractivity contribution in [2.45, 2.75) is 104 Å². The second-order valence-electron chi connectivity index (χ2n) is 6.38. The Labute approximate surface area is 138 Å². The molecule has 0 bridgehead atoms. The van der Waals surface area contributed by atoms with Crippen LogP contribution in [-0.2, 0) is 9.09 Å². The molecule has 0 aliphatic heterocycles. The highest BCUT2D eigenvalue weighted by Gasteiger charge is 2.16. The first-order chi connectivity index (χ1) is 10.6. The van der Waals surface area contributed by atoms with Crippen LogP contribution in [-0.4, -0.2) is 17.7 Å². The summed E-state index contributed by atoms with van der Waals surface area (Å²) >= 11 is 0. The molecule has 3 nitrogen and oxygen atoms in total. The van der Waals surface area contributed by atoms with Crippen LogP contribution in [0.3, 0.4) is 0 Å². The van der Waals surface area contributed by atoms with Gasteiger partial charge in [0.05, 0.1) is 6.61 Å². The van der Waals surface area contributed by atoms with Crippen molar-refractivity contribution in [1.82, 2.24) is 0 Å². The van der Waals surface area contributed by atoms with Crippen molar-refractivity contribution < 1.29 is 14.0 Å². The fraction of sp³-hybridized carbons (Fsp3) is 1.00. The van der Waals surface area contributed by atoms with Crippen molar-refractivity contribution in [3.05, 3.63) is 0 Å². The molecule has 0 spiro atoms. The Kier molecular flexibility index (Phi) is 16.1. The maximum absolute atomic E-state index is 11.5. The monoisotopic (exact) mass is 334 g/mol. The summed E-state index contributed by atoms with van der Waals surface area (Å²) in [7, 11) is -3.28. The van der Waals surface area contributed by atoms with Gasteiger partial charge in [0.25, 0.3) is 0 Å². The van der Waals surface area contributed by atoms with Gasteiger partial charge in [0.1, 0.15) is 0 Å². The van der Waals surface area contributed by atoms with Crippen molar-refractivity contribution in [1.29, 1.82) is 0 Å². The van der Waals surface area contributed by atoms with E-state index in [1.54, 1.807) is 6.92 Å². The first kappa shape index (κ1) is 22.1. The molecule has 0 heterocycles. The van der Waals surface area contributed by atoms with Gasteiger partial charge < -0.3 is 9.42 Å². The van der Waals surface area contributed by atoms with Gasteiger partial charge in [0, 0.05) is 6.16 Å². The Morgan fingerprint density at radius 3 is 1.41 bits per heavy atom. The van der Waals surface area contributed by atoms with Gasteiger partial charge in [-0.2, -0.15) is 0 Å². The Hall–Kier alpha value is 0.150. The summed E-state index contributed by atoms with van der Waals surface area (Å²) in [5.74, 6) is 0. The van der Waals surface area contributed by atoms with Gasteiger partial charge in [0.2, 0.25) is 0 Å². The van der Waals surface area contributed by atoms with Crippen molar-refractivity contribution in [2.24, 2.45) is 0 Å².